The topological polar surface area (TPSA) is 55.8 Å². The Bertz CT molecular complexity index is 507. The SMILES string of the molecule is CCC1(CC)O[C@H](c2ccccc2C)[C@@](C)(C(=O)O)O1. The van der Waals surface area contributed by atoms with E-state index >= 15 is 0 Å². The van der Waals surface area contributed by atoms with Crippen LogP contribution in [0.1, 0.15) is 50.8 Å². The van der Waals surface area contributed by atoms with Crippen molar-refractivity contribution in [3.8, 4) is 0 Å². The van der Waals surface area contributed by atoms with Crippen molar-refractivity contribution >= 4 is 5.97 Å². The molecule has 110 valence electrons. The highest BCUT2D eigenvalue weighted by Crippen LogP contribution is 2.49. The number of hydrogen-bond acceptors (Lipinski definition) is 3. The fourth-order valence-corrected chi connectivity index (χ4v) is 2.75. The molecule has 0 unspecified atom stereocenters. The molecule has 1 aromatic carbocycles. The van der Waals surface area contributed by atoms with Crippen LogP contribution in [0.4, 0.5) is 0 Å². The van der Waals surface area contributed by atoms with Crippen molar-refractivity contribution in [3.05, 3.63) is 35.4 Å². The Labute approximate surface area is 119 Å². The second kappa shape index (κ2) is 5.19. The Balaban J connectivity index is 2.50. The summed E-state index contributed by atoms with van der Waals surface area (Å²) in [7, 11) is 0. The summed E-state index contributed by atoms with van der Waals surface area (Å²) in [4.78, 5) is 11.7. The predicted molar refractivity (Wildman–Crippen MR) is 75.4 cm³/mol. The van der Waals surface area contributed by atoms with Gasteiger partial charge in [0.05, 0.1) is 0 Å². The molecule has 2 rings (SSSR count). The number of carbonyl (C=O) groups is 1. The zero-order valence-electron chi connectivity index (χ0n) is 12.5. The molecule has 0 aliphatic carbocycles. The largest absolute Gasteiger partial charge is 0.479 e. The van der Waals surface area contributed by atoms with E-state index in [1.807, 2.05) is 45.0 Å². The molecule has 0 aromatic heterocycles. The number of rotatable bonds is 4. The van der Waals surface area contributed by atoms with Crippen LogP contribution in [0.15, 0.2) is 24.3 Å². The Morgan fingerprint density at radius 2 is 1.90 bits per heavy atom. The lowest BCUT2D eigenvalue weighted by molar-refractivity contribution is -0.200. The first-order chi connectivity index (χ1) is 9.38. The highest BCUT2D eigenvalue weighted by Gasteiger charge is 2.58. The van der Waals surface area contributed by atoms with Crippen LogP contribution >= 0.6 is 0 Å². The molecular formula is C16H22O4. The van der Waals surface area contributed by atoms with Crippen LogP contribution in [0, 0.1) is 6.92 Å². The van der Waals surface area contributed by atoms with Crippen molar-refractivity contribution < 1.29 is 19.4 Å². The molecule has 0 amide bonds. The minimum absolute atomic E-state index is 0.596. The summed E-state index contributed by atoms with van der Waals surface area (Å²) in [5, 5.41) is 9.61. The first-order valence-electron chi connectivity index (χ1n) is 7.05. The van der Waals surface area contributed by atoms with E-state index in [9.17, 15) is 9.90 Å². The molecule has 1 aliphatic heterocycles. The molecule has 1 fully saturated rings. The minimum atomic E-state index is -1.36. The first-order valence-corrected chi connectivity index (χ1v) is 7.05. The molecular weight excluding hydrogens is 256 g/mol. The Kier molecular flexibility index (Phi) is 3.89. The van der Waals surface area contributed by atoms with E-state index in [0.29, 0.717) is 12.8 Å². The summed E-state index contributed by atoms with van der Waals surface area (Å²) in [6.45, 7) is 7.45. The van der Waals surface area contributed by atoms with E-state index in [0.717, 1.165) is 11.1 Å². The molecule has 1 heterocycles. The highest BCUT2D eigenvalue weighted by atomic mass is 16.8. The van der Waals surface area contributed by atoms with Crippen molar-refractivity contribution in [2.24, 2.45) is 0 Å². The van der Waals surface area contributed by atoms with E-state index in [2.05, 4.69) is 0 Å². The van der Waals surface area contributed by atoms with Crippen molar-refractivity contribution in [1.29, 1.82) is 0 Å². The van der Waals surface area contributed by atoms with E-state index in [1.54, 1.807) is 6.92 Å². The van der Waals surface area contributed by atoms with Crippen molar-refractivity contribution in [1.82, 2.24) is 0 Å². The Hall–Kier alpha value is -1.39. The molecule has 1 aromatic rings. The van der Waals surface area contributed by atoms with Gasteiger partial charge in [0.2, 0.25) is 0 Å². The average molecular weight is 278 g/mol. The van der Waals surface area contributed by atoms with Crippen molar-refractivity contribution in [2.75, 3.05) is 0 Å². The van der Waals surface area contributed by atoms with Crippen LogP contribution in [0.3, 0.4) is 0 Å². The molecule has 20 heavy (non-hydrogen) atoms. The molecule has 4 heteroatoms. The zero-order valence-corrected chi connectivity index (χ0v) is 12.5. The number of benzene rings is 1. The average Bonchev–Trinajstić information content (AvgIpc) is 2.75. The summed E-state index contributed by atoms with van der Waals surface area (Å²) in [6, 6.07) is 7.69. The van der Waals surface area contributed by atoms with Gasteiger partial charge in [-0.05, 0) is 37.8 Å². The van der Waals surface area contributed by atoms with Crippen LogP contribution < -0.4 is 0 Å². The maximum atomic E-state index is 11.7. The molecule has 1 N–H and O–H groups in total. The lowest BCUT2D eigenvalue weighted by Crippen LogP contribution is -2.42. The second-order valence-corrected chi connectivity index (χ2v) is 5.49. The van der Waals surface area contributed by atoms with Gasteiger partial charge in [0, 0.05) is 0 Å². The standard InChI is InChI=1S/C16H22O4/c1-5-16(6-2)19-13(15(4,20-16)14(17)18)12-10-8-7-9-11(12)3/h7-10,13H,5-6H2,1-4H3,(H,17,18)/t13-,15+/m1/s1. The lowest BCUT2D eigenvalue weighted by atomic mass is 9.90. The van der Waals surface area contributed by atoms with Crippen LogP contribution in [-0.2, 0) is 14.3 Å². The normalized spacial score (nSPS) is 28.5. The summed E-state index contributed by atoms with van der Waals surface area (Å²) in [6.07, 6.45) is 0.643. The first kappa shape index (κ1) is 15.0. The number of ether oxygens (including phenoxy) is 2. The third-order valence-electron chi connectivity index (χ3n) is 4.20. The maximum absolute atomic E-state index is 11.7. The van der Waals surface area contributed by atoms with Gasteiger partial charge >= 0.3 is 5.97 Å². The third-order valence-corrected chi connectivity index (χ3v) is 4.20. The summed E-state index contributed by atoms with van der Waals surface area (Å²) >= 11 is 0. The molecule has 0 saturated carbocycles. The van der Waals surface area contributed by atoms with E-state index < -0.39 is 23.5 Å². The molecule has 0 bridgehead atoms. The van der Waals surface area contributed by atoms with Crippen molar-refractivity contribution in [3.63, 3.8) is 0 Å². The van der Waals surface area contributed by atoms with E-state index in [-0.39, 0.29) is 0 Å². The predicted octanol–water partition coefficient (Wildman–Crippen LogP) is 3.44. The second-order valence-electron chi connectivity index (χ2n) is 5.49. The summed E-state index contributed by atoms with van der Waals surface area (Å²) in [5.74, 6) is -1.81. The zero-order chi connectivity index (χ0) is 15.0. The lowest BCUT2D eigenvalue weighted by Gasteiger charge is -2.26. The van der Waals surface area contributed by atoms with E-state index in [4.69, 9.17) is 9.47 Å². The smallest absolute Gasteiger partial charge is 0.338 e. The summed E-state index contributed by atoms with van der Waals surface area (Å²) in [5.41, 5.74) is 0.524. The van der Waals surface area contributed by atoms with Gasteiger partial charge in [-0.25, -0.2) is 4.79 Å². The number of aliphatic carboxylic acids is 1. The maximum Gasteiger partial charge on any atom is 0.338 e. The van der Waals surface area contributed by atoms with Gasteiger partial charge in [-0.3, -0.25) is 0 Å². The third kappa shape index (κ3) is 2.23. The minimum Gasteiger partial charge on any atom is -0.479 e. The number of aryl methyl sites for hydroxylation is 1. The van der Waals surface area contributed by atoms with Gasteiger partial charge in [-0.15, -0.1) is 0 Å². The Morgan fingerprint density at radius 1 is 1.30 bits per heavy atom. The van der Waals surface area contributed by atoms with Crippen LogP contribution in [0.5, 0.6) is 0 Å². The summed E-state index contributed by atoms with van der Waals surface area (Å²) < 4.78 is 12.0. The number of carboxylic acids is 1. The molecule has 1 aliphatic rings. The van der Waals surface area contributed by atoms with Crippen LogP contribution in [-0.4, -0.2) is 22.5 Å². The quantitative estimate of drug-likeness (QED) is 0.916. The number of carboxylic acid groups (broad SMARTS) is 1. The van der Waals surface area contributed by atoms with Gasteiger partial charge in [0.15, 0.2) is 11.4 Å². The van der Waals surface area contributed by atoms with Crippen LogP contribution in [0.25, 0.3) is 0 Å². The van der Waals surface area contributed by atoms with Gasteiger partial charge in [0.25, 0.3) is 0 Å². The fourth-order valence-electron chi connectivity index (χ4n) is 2.75. The van der Waals surface area contributed by atoms with Crippen LogP contribution in [0.2, 0.25) is 0 Å². The monoisotopic (exact) mass is 278 g/mol. The molecule has 2 atom stereocenters. The molecule has 1 saturated heterocycles. The van der Waals surface area contributed by atoms with Crippen molar-refractivity contribution in [2.45, 2.75) is 58.0 Å². The molecule has 0 radical (unpaired) electrons. The molecule has 4 nitrogen and oxygen atoms in total. The van der Waals surface area contributed by atoms with Gasteiger partial charge < -0.3 is 14.6 Å². The van der Waals surface area contributed by atoms with Gasteiger partial charge in [0.1, 0.15) is 6.10 Å². The van der Waals surface area contributed by atoms with Gasteiger partial charge in [-0.2, -0.15) is 0 Å². The Morgan fingerprint density at radius 3 is 2.40 bits per heavy atom. The fraction of sp³-hybridized carbons (Fsp3) is 0.562. The van der Waals surface area contributed by atoms with Gasteiger partial charge in [-0.1, -0.05) is 38.1 Å². The van der Waals surface area contributed by atoms with E-state index in [1.165, 1.54) is 0 Å². The number of hydrogen-bond donors (Lipinski definition) is 1. The highest BCUT2D eigenvalue weighted by molar-refractivity contribution is 5.78. The molecule has 0 spiro atoms.